The SMILES string of the molecule is CCc1ccccc1CNC(=S)NCCOC. The number of aryl methyl sites for hydroxylation is 1. The van der Waals surface area contributed by atoms with Gasteiger partial charge >= 0.3 is 0 Å². The standard InChI is InChI=1S/C13H20N2OS/c1-3-11-6-4-5-7-12(11)10-15-13(17)14-8-9-16-2/h4-7H,3,8-10H2,1-2H3,(H2,14,15,17). The van der Waals surface area contributed by atoms with Gasteiger partial charge in [-0.15, -0.1) is 0 Å². The van der Waals surface area contributed by atoms with Gasteiger partial charge in [0.2, 0.25) is 0 Å². The summed E-state index contributed by atoms with van der Waals surface area (Å²) in [5.74, 6) is 0. The van der Waals surface area contributed by atoms with Crippen LogP contribution >= 0.6 is 12.2 Å². The largest absolute Gasteiger partial charge is 0.383 e. The summed E-state index contributed by atoms with van der Waals surface area (Å²) in [5, 5.41) is 6.96. The lowest BCUT2D eigenvalue weighted by Crippen LogP contribution is -2.36. The summed E-state index contributed by atoms with van der Waals surface area (Å²) >= 11 is 5.17. The van der Waals surface area contributed by atoms with E-state index in [1.165, 1.54) is 11.1 Å². The first kappa shape index (κ1) is 13.9. The van der Waals surface area contributed by atoms with Crippen molar-refractivity contribution in [1.29, 1.82) is 0 Å². The Balaban J connectivity index is 2.36. The Bertz CT molecular complexity index is 355. The Morgan fingerprint density at radius 3 is 2.59 bits per heavy atom. The molecule has 0 aliphatic carbocycles. The van der Waals surface area contributed by atoms with Crippen LogP contribution in [0.2, 0.25) is 0 Å². The lowest BCUT2D eigenvalue weighted by atomic mass is 10.1. The van der Waals surface area contributed by atoms with Crippen molar-refractivity contribution in [3.63, 3.8) is 0 Å². The quantitative estimate of drug-likeness (QED) is 0.598. The Morgan fingerprint density at radius 1 is 1.24 bits per heavy atom. The molecule has 0 aliphatic heterocycles. The molecule has 0 atom stereocenters. The molecule has 0 spiro atoms. The second-order valence-electron chi connectivity index (χ2n) is 3.72. The molecule has 0 amide bonds. The zero-order chi connectivity index (χ0) is 12.5. The molecule has 3 nitrogen and oxygen atoms in total. The molecule has 1 aromatic carbocycles. The molecule has 0 bridgehead atoms. The first-order valence-corrected chi connectivity index (χ1v) is 6.26. The molecule has 0 unspecified atom stereocenters. The fourth-order valence-corrected chi connectivity index (χ4v) is 1.75. The number of ether oxygens (including phenoxy) is 1. The summed E-state index contributed by atoms with van der Waals surface area (Å²) in [5.41, 5.74) is 2.66. The topological polar surface area (TPSA) is 33.3 Å². The van der Waals surface area contributed by atoms with Gasteiger partial charge in [0.25, 0.3) is 0 Å². The van der Waals surface area contributed by atoms with Gasteiger partial charge in [-0.05, 0) is 29.8 Å². The first-order valence-electron chi connectivity index (χ1n) is 5.85. The number of benzene rings is 1. The van der Waals surface area contributed by atoms with Crippen LogP contribution in [0.25, 0.3) is 0 Å². The van der Waals surface area contributed by atoms with Crippen LogP contribution in [-0.2, 0) is 17.7 Å². The normalized spacial score (nSPS) is 10.0. The Hall–Kier alpha value is -1.13. The molecule has 0 aliphatic rings. The predicted molar refractivity (Wildman–Crippen MR) is 75.1 cm³/mol. The van der Waals surface area contributed by atoms with Crippen molar-refractivity contribution in [3.8, 4) is 0 Å². The average molecular weight is 252 g/mol. The van der Waals surface area contributed by atoms with Crippen LogP contribution in [0.5, 0.6) is 0 Å². The highest BCUT2D eigenvalue weighted by molar-refractivity contribution is 7.80. The maximum atomic E-state index is 5.17. The van der Waals surface area contributed by atoms with Crippen molar-refractivity contribution in [2.24, 2.45) is 0 Å². The predicted octanol–water partition coefficient (Wildman–Crippen LogP) is 1.86. The van der Waals surface area contributed by atoms with Crippen LogP contribution in [0.1, 0.15) is 18.1 Å². The zero-order valence-electron chi connectivity index (χ0n) is 10.5. The molecule has 0 radical (unpaired) electrons. The molecular formula is C13H20N2OS. The van der Waals surface area contributed by atoms with Crippen LogP contribution in [0.4, 0.5) is 0 Å². The van der Waals surface area contributed by atoms with Crippen LogP contribution in [0.3, 0.4) is 0 Å². The minimum Gasteiger partial charge on any atom is -0.383 e. The Morgan fingerprint density at radius 2 is 1.94 bits per heavy atom. The first-order chi connectivity index (χ1) is 8.27. The molecule has 0 saturated carbocycles. The molecule has 94 valence electrons. The van der Waals surface area contributed by atoms with E-state index in [0.717, 1.165) is 19.5 Å². The molecule has 1 aromatic rings. The summed E-state index contributed by atoms with van der Waals surface area (Å²) in [4.78, 5) is 0. The molecule has 1 rings (SSSR count). The van der Waals surface area contributed by atoms with Gasteiger partial charge in [-0.2, -0.15) is 0 Å². The average Bonchev–Trinajstić information content (AvgIpc) is 2.37. The van der Waals surface area contributed by atoms with Gasteiger partial charge < -0.3 is 15.4 Å². The van der Waals surface area contributed by atoms with Gasteiger partial charge in [0.15, 0.2) is 5.11 Å². The highest BCUT2D eigenvalue weighted by Crippen LogP contribution is 2.08. The summed E-state index contributed by atoms with van der Waals surface area (Å²) in [6.07, 6.45) is 1.04. The molecule has 0 saturated heterocycles. The molecule has 2 N–H and O–H groups in total. The van der Waals surface area contributed by atoms with Crippen molar-refractivity contribution >= 4 is 17.3 Å². The summed E-state index contributed by atoms with van der Waals surface area (Å²) in [6.45, 7) is 4.32. The van der Waals surface area contributed by atoms with Crippen LogP contribution in [0.15, 0.2) is 24.3 Å². The summed E-state index contributed by atoms with van der Waals surface area (Å²) < 4.78 is 4.94. The number of nitrogens with one attached hydrogen (secondary N) is 2. The number of hydrogen-bond donors (Lipinski definition) is 2. The second kappa shape index (κ2) is 8.03. The van der Waals surface area contributed by atoms with Crippen molar-refractivity contribution in [2.75, 3.05) is 20.3 Å². The third-order valence-electron chi connectivity index (χ3n) is 2.53. The number of thiocarbonyl (C=S) groups is 1. The Labute approximate surface area is 109 Å². The van der Waals surface area contributed by atoms with Gasteiger partial charge in [0.05, 0.1) is 6.61 Å². The number of methoxy groups -OCH3 is 1. The van der Waals surface area contributed by atoms with Gasteiger partial charge in [-0.1, -0.05) is 31.2 Å². The van der Waals surface area contributed by atoms with Crippen LogP contribution in [0, 0.1) is 0 Å². The number of rotatable bonds is 6. The molecule has 0 heterocycles. The van der Waals surface area contributed by atoms with Gasteiger partial charge in [-0.3, -0.25) is 0 Å². The maximum absolute atomic E-state index is 5.17. The summed E-state index contributed by atoms with van der Waals surface area (Å²) in [7, 11) is 1.68. The van der Waals surface area contributed by atoms with Gasteiger partial charge in [-0.25, -0.2) is 0 Å². The Kier molecular flexibility index (Phi) is 6.58. The zero-order valence-corrected chi connectivity index (χ0v) is 11.3. The second-order valence-corrected chi connectivity index (χ2v) is 4.13. The fraction of sp³-hybridized carbons (Fsp3) is 0.462. The van der Waals surface area contributed by atoms with E-state index >= 15 is 0 Å². The maximum Gasteiger partial charge on any atom is 0.166 e. The lowest BCUT2D eigenvalue weighted by Gasteiger charge is -2.12. The molecule has 4 heteroatoms. The molecule has 0 aromatic heterocycles. The summed E-state index contributed by atoms with van der Waals surface area (Å²) in [6, 6.07) is 8.40. The van der Waals surface area contributed by atoms with Gasteiger partial charge in [0, 0.05) is 20.2 Å². The van der Waals surface area contributed by atoms with Crippen molar-refractivity contribution < 1.29 is 4.74 Å². The minimum atomic E-state index is 0.660. The van der Waals surface area contributed by atoms with Crippen LogP contribution in [-0.4, -0.2) is 25.4 Å². The van der Waals surface area contributed by atoms with Gasteiger partial charge in [0.1, 0.15) is 0 Å². The van der Waals surface area contributed by atoms with Crippen molar-refractivity contribution in [1.82, 2.24) is 10.6 Å². The third-order valence-corrected chi connectivity index (χ3v) is 2.82. The lowest BCUT2D eigenvalue weighted by molar-refractivity contribution is 0.204. The third kappa shape index (κ3) is 5.15. The van der Waals surface area contributed by atoms with E-state index in [0.29, 0.717) is 11.7 Å². The number of hydrogen-bond acceptors (Lipinski definition) is 2. The fourth-order valence-electron chi connectivity index (χ4n) is 1.58. The molecule has 0 fully saturated rings. The van der Waals surface area contributed by atoms with Crippen LogP contribution < -0.4 is 10.6 Å². The van der Waals surface area contributed by atoms with Crippen molar-refractivity contribution in [2.45, 2.75) is 19.9 Å². The van der Waals surface area contributed by atoms with E-state index in [1.54, 1.807) is 7.11 Å². The molecular weight excluding hydrogens is 232 g/mol. The van der Waals surface area contributed by atoms with E-state index in [4.69, 9.17) is 17.0 Å². The van der Waals surface area contributed by atoms with E-state index in [-0.39, 0.29) is 0 Å². The van der Waals surface area contributed by atoms with E-state index in [1.807, 2.05) is 0 Å². The minimum absolute atomic E-state index is 0.660. The highest BCUT2D eigenvalue weighted by atomic mass is 32.1. The monoisotopic (exact) mass is 252 g/mol. The van der Waals surface area contributed by atoms with E-state index < -0.39 is 0 Å². The van der Waals surface area contributed by atoms with Crippen molar-refractivity contribution in [3.05, 3.63) is 35.4 Å². The molecule has 17 heavy (non-hydrogen) atoms. The smallest absolute Gasteiger partial charge is 0.166 e. The van der Waals surface area contributed by atoms with E-state index in [2.05, 4.69) is 41.8 Å². The van der Waals surface area contributed by atoms with E-state index in [9.17, 15) is 0 Å². The highest BCUT2D eigenvalue weighted by Gasteiger charge is 2.00.